The minimum absolute atomic E-state index is 0.229. The molecular formula is C10H15N9OS. The fourth-order valence-corrected chi connectivity index (χ4v) is 2.36. The molecule has 1 aliphatic carbocycles. The summed E-state index contributed by atoms with van der Waals surface area (Å²) in [5, 5.41) is 12.7. The number of aromatic nitrogens is 7. The topological polar surface area (TPSA) is 130 Å². The maximum absolute atomic E-state index is 5.42. The van der Waals surface area contributed by atoms with Gasteiger partial charge in [-0.3, -0.25) is 5.43 Å². The van der Waals surface area contributed by atoms with Crippen molar-refractivity contribution in [2.75, 3.05) is 12.0 Å². The van der Waals surface area contributed by atoms with Gasteiger partial charge < -0.3 is 4.74 Å². The number of nitrogen functional groups attached to an aromatic ring is 1. The van der Waals surface area contributed by atoms with Crippen LogP contribution in [0.15, 0.2) is 10.3 Å². The van der Waals surface area contributed by atoms with Gasteiger partial charge in [0.1, 0.15) is 0 Å². The standard InChI is InChI=1S/C10H15N9OS/c1-2-5-20-8-12-7(15-11)13-9(14-8)21-10-16-17-18-19(10)6-3-4-6/h6H,2-5,11H2,1H3,(H,12,13,14,15). The highest BCUT2D eigenvalue weighted by molar-refractivity contribution is 7.99. The van der Waals surface area contributed by atoms with Gasteiger partial charge in [-0.05, 0) is 41.5 Å². The van der Waals surface area contributed by atoms with E-state index in [-0.39, 0.29) is 12.0 Å². The van der Waals surface area contributed by atoms with Crippen molar-refractivity contribution in [3.8, 4) is 6.01 Å². The van der Waals surface area contributed by atoms with Gasteiger partial charge in [0.2, 0.25) is 16.3 Å². The van der Waals surface area contributed by atoms with Crippen LogP contribution in [0, 0.1) is 0 Å². The van der Waals surface area contributed by atoms with Gasteiger partial charge in [-0.25, -0.2) is 10.5 Å². The van der Waals surface area contributed by atoms with Crippen LogP contribution < -0.4 is 16.0 Å². The number of hydrazine groups is 1. The highest BCUT2D eigenvalue weighted by atomic mass is 32.2. The fourth-order valence-electron chi connectivity index (χ4n) is 1.59. The number of tetrazole rings is 1. The normalized spacial score (nSPS) is 14.2. The summed E-state index contributed by atoms with van der Waals surface area (Å²) in [7, 11) is 0. The van der Waals surface area contributed by atoms with E-state index in [9.17, 15) is 0 Å². The minimum atomic E-state index is 0.229. The first-order valence-corrected chi connectivity index (χ1v) is 7.43. The molecule has 0 radical (unpaired) electrons. The van der Waals surface area contributed by atoms with Crippen molar-refractivity contribution >= 4 is 17.7 Å². The van der Waals surface area contributed by atoms with Gasteiger partial charge in [0.15, 0.2) is 0 Å². The van der Waals surface area contributed by atoms with Gasteiger partial charge in [-0.2, -0.15) is 15.0 Å². The Labute approximate surface area is 124 Å². The molecule has 112 valence electrons. The monoisotopic (exact) mass is 309 g/mol. The summed E-state index contributed by atoms with van der Waals surface area (Å²) in [4.78, 5) is 12.4. The molecule has 0 spiro atoms. The Morgan fingerprint density at radius 1 is 1.38 bits per heavy atom. The highest BCUT2D eigenvalue weighted by Crippen LogP contribution is 2.37. The molecule has 0 atom stereocenters. The lowest BCUT2D eigenvalue weighted by atomic mass is 10.5. The van der Waals surface area contributed by atoms with Crippen LogP contribution in [0.25, 0.3) is 0 Å². The molecule has 0 aromatic carbocycles. The molecule has 1 aliphatic rings. The average molecular weight is 309 g/mol. The van der Waals surface area contributed by atoms with Crippen LogP contribution in [0.1, 0.15) is 32.2 Å². The van der Waals surface area contributed by atoms with Crippen molar-refractivity contribution in [2.24, 2.45) is 5.84 Å². The molecule has 3 N–H and O–H groups in total. The number of nitrogens with zero attached hydrogens (tertiary/aromatic N) is 7. The second-order valence-electron chi connectivity index (χ2n) is 4.46. The Balaban J connectivity index is 1.81. The molecule has 0 unspecified atom stereocenters. The Morgan fingerprint density at radius 2 is 2.24 bits per heavy atom. The van der Waals surface area contributed by atoms with Crippen molar-refractivity contribution in [1.82, 2.24) is 35.2 Å². The lowest BCUT2D eigenvalue weighted by Gasteiger charge is -2.06. The summed E-state index contributed by atoms with van der Waals surface area (Å²) in [5.41, 5.74) is 2.40. The summed E-state index contributed by atoms with van der Waals surface area (Å²) in [6, 6.07) is 0.611. The fraction of sp³-hybridized carbons (Fsp3) is 0.600. The predicted molar refractivity (Wildman–Crippen MR) is 73.6 cm³/mol. The summed E-state index contributed by atoms with van der Waals surface area (Å²) < 4.78 is 7.21. The zero-order chi connectivity index (χ0) is 14.7. The Kier molecular flexibility index (Phi) is 4.10. The molecule has 2 aromatic rings. The first kappa shape index (κ1) is 13.9. The number of hydrogen-bond acceptors (Lipinski definition) is 10. The third-order valence-corrected chi connectivity index (χ3v) is 3.51. The van der Waals surface area contributed by atoms with Crippen LogP contribution in [-0.2, 0) is 0 Å². The van der Waals surface area contributed by atoms with Crippen LogP contribution in [0.5, 0.6) is 6.01 Å². The molecule has 3 rings (SSSR count). The van der Waals surface area contributed by atoms with Crippen LogP contribution >= 0.6 is 11.8 Å². The van der Waals surface area contributed by atoms with Crippen LogP contribution in [0.3, 0.4) is 0 Å². The molecule has 1 saturated carbocycles. The molecule has 10 nitrogen and oxygen atoms in total. The molecule has 11 heteroatoms. The number of rotatable bonds is 7. The molecule has 0 bridgehead atoms. The smallest absolute Gasteiger partial charge is 0.322 e. The third-order valence-electron chi connectivity index (χ3n) is 2.70. The van der Waals surface area contributed by atoms with Gasteiger partial charge in [0.05, 0.1) is 12.6 Å². The maximum atomic E-state index is 5.42. The highest BCUT2D eigenvalue weighted by Gasteiger charge is 2.28. The van der Waals surface area contributed by atoms with Gasteiger partial charge in [0, 0.05) is 0 Å². The van der Waals surface area contributed by atoms with E-state index in [1.54, 1.807) is 4.68 Å². The average Bonchev–Trinajstić information content (AvgIpc) is 3.25. The first-order chi connectivity index (χ1) is 10.3. The molecule has 0 aliphatic heterocycles. The Hall–Kier alpha value is -2.01. The van der Waals surface area contributed by atoms with E-state index in [4.69, 9.17) is 10.6 Å². The molecule has 0 amide bonds. The van der Waals surface area contributed by atoms with Crippen molar-refractivity contribution in [3.05, 3.63) is 0 Å². The van der Waals surface area contributed by atoms with Crippen molar-refractivity contribution < 1.29 is 4.74 Å². The summed E-state index contributed by atoms with van der Waals surface area (Å²) in [5.74, 6) is 5.60. The van der Waals surface area contributed by atoms with Crippen molar-refractivity contribution in [3.63, 3.8) is 0 Å². The number of nitrogens with one attached hydrogen (secondary N) is 1. The van der Waals surface area contributed by atoms with E-state index in [1.165, 1.54) is 11.8 Å². The predicted octanol–water partition coefficient (Wildman–Crippen LogP) is 0.419. The number of ether oxygens (including phenoxy) is 1. The van der Waals surface area contributed by atoms with Gasteiger partial charge in [-0.1, -0.05) is 6.92 Å². The maximum Gasteiger partial charge on any atom is 0.322 e. The van der Waals surface area contributed by atoms with E-state index in [1.807, 2.05) is 6.92 Å². The zero-order valence-electron chi connectivity index (χ0n) is 11.4. The minimum Gasteiger partial charge on any atom is -0.463 e. The first-order valence-electron chi connectivity index (χ1n) is 6.61. The second-order valence-corrected chi connectivity index (χ2v) is 5.39. The third kappa shape index (κ3) is 3.36. The van der Waals surface area contributed by atoms with E-state index < -0.39 is 0 Å². The van der Waals surface area contributed by atoms with Crippen LogP contribution in [-0.4, -0.2) is 41.8 Å². The van der Waals surface area contributed by atoms with E-state index >= 15 is 0 Å². The quantitative estimate of drug-likeness (QED) is 0.548. The van der Waals surface area contributed by atoms with Crippen LogP contribution in [0.2, 0.25) is 0 Å². The molecular weight excluding hydrogens is 294 g/mol. The second kappa shape index (κ2) is 6.18. The van der Waals surface area contributed by atoms with E-state index in [0.29, 0.717) is 23.0 Å². The SMILES string of the molecule is CCCOc1nc(NN)nc(Sc2nnnn2C2CC2)n1. The van der Waals surface area contributed by atoms with Gasteiger partial charge in [-0.15, -0.1) is 5.10 Å². The van der Waals surface area contributed by atoms with E-state index in [2.05, 4.69) is 35.9 Å². The number of nitrogens with two attached hydrogens (primary N) is 1. The molecule has 1 fully saturated rings. The molecule has 0 saturated heterocycles. The zero-order valence-corrected chi connectivity index (χ0v) is 12.2. The number of anilines is 1. The van der Waals surface area contributed by atoms with E-state index in [0.717, 1.165) is 19.3 Å². The molecule has 21 heavy (non-hydrogen) atoms. The van der Waals surface area contributed by atoms with Crippen molar-refractivity contribution in [1.29, 1.82) is 0 Å². The lowest BCUT2D eigenvalue weighted by molar-refractivity contribution is 0.288. The van der Waals surface area contributed by atoms with Gasteiger partial charge in [0.25, 0.3) is 0 Å². The summed E-state index contributed by atoms with van der Waals surface area (Å²) in [6.45, 7) is 2.53. The Bertz CT molecular complexity index is 614. The summed E-state index contributed by atoms with van der Waals surface area (Å²) in [6.07, 6.45) is 3.05. The summed E-state index contributed by atoms with van der Waals surface area (Å²) >= 11 is 1.26. The largest absolute Gasteiger partial charge is 0.463 e. The number of hydrogen-bond donors (Lipinski definition) is 2. The van der Waals surface area contributed by atoms with Crippen molar-refractivity contribution in [2.45, 2.75) is 42.5 Å². The molecule has 2 heterocycles. The molecule has 2 aromatic heterocycles. The van der Waals surface area contributed by atoms with Gasteiger partial charge >= 0.3 is 6.01 Å². The lowest BCUT2D eigenvalue weighted by Crippen LogP contribution is -2.13. The van der Waals surface area contributed by atoms with Crippen LogP contribution in [0.4, 0.5) is 5.95 Å². The Morgan fingerprint density at radius 3 is 2.95 bits per heavy atom.